The number of nitrogens with two attached hydrogens (primary N) is 1. The van der Waals surface area contributed by atoms with Gasteiger partial charge in [-0.15, -0.1) is 0 Å². The molecule has 0 unspecified atom stereocenters. The third kappa shape index (κ3) is 3.77. The lowest BCUT2D eigenvalue weighted by Crippen LogP contribution is -2.13. The largest absolute Gasteiger partial charge is 0.366 e. The Hall–Kier alpha value is -3.08. The maximum absolute atomic E-state index is 13.8. The SMILES string of the molecule is C[C@@H](Cc1cccc(F)c1)c1ncccc1-c1ccc(F)c(C(N)=O)c1. The van der Waals surface area contributed by atoms with Crippen LogP contribution in [0.4, 0.5) is 8.78 Å². The lowest BCUT2D eigenvalue weighted by molar-refractivity contribution is 0.0996. The molecule has 0 fully saturated rings. The number of benzene rings is 2. The minimum Gasteiger partial charge on any atom is -0.366 e. The zero-order valence-corrected chi connectivity index (χ0v) is 14.2. The molecule has 1 heterocycles. The van der Waals surface area contributed by atoms with E-state index in [1.54, 1.807) is 24.4 Å². The van der Waals surface area contributed by atoms with Crippen LogP contribution in [0.5, 0.6) is 0 Å². The van der Waals surface area contributed by atoms with Gasteiger partial charge in [0.05, 0.1) is 11.3 Å². The van der Waals surface area contributed by atoms with Crippen molar-refractivity contribution in [1.29, 1.82) is 0 Å². The molecule has 3 rings (SSSR count). The van der Waals surface area contributed by atoms with Crippen LogP contribution in [0.25, 0.3) is 11.1 Å². The van der Waals surface area contributed by atoms with E-state index in [0.29, 0.717) is 12.0 Å². The Morgan fingerprint density at radius 2 is 1.92 bits per heavy atom. The molecule has 3 aromatic rings. The van der Waals surface area contributed by atoms with E-state index in [0.717, 1.165) is 16.8 Å². The minimum atomic E-state index is -0.817. The van der Waals surface area contributed by atoms with E-state index in [4.69, 9.17) is 5.73 Å². The van der Waals surface area contributed by atoms with Gasteiger partial charge in [-0.1, -0.05) is 31.2 Å². The van der Waals surface area contributed by atoms with Gasteiger partial charge in [0.1, 0.15) is 11.6 Å². The molecule has 0 aliphatic carbocycles. The molecule has 2 N–H and O–H groups in total. The quantitative estimate of drug-likeness (QED) is 0.736. The molecule has 132 valence electrons. The highest BCUT2D eigenvalue weighted by Crippen LogP contribution is 2.30. The Bertz CT molecular complexity index is 956. The highest BCUT2D eigenvalue weighted by molar-refractivity contribution is 5.94. The van der Waals surface area contributed by atoms with Gasteiger partial charge in [-0.3, -0.25) is 9.78 Å². The molecule has 26 heavy (non-hydrogen) atoms. The van der Waals surface area contributed by atoms with E-state index in [1.165, 1.54) is 24.3 Å². The van der Waals surface area contributed by atoms with Crippen molar-refractivity contribution in [3.05, 3.63) is 89.2 Å². The number of rotatable bonds is 5. The van der Waals surface area contributed by atoms with E-state index in [-0.39, 0.29) is 17.3 Å². The maximum atomic E-state index is 13.8. The fourth-order valence-corrected chi connectivity index (χ4v) is 3.05. The van der Waals surface area contributed by atoms with Crippen molar-refractivity contribution in [1.82, 2.24) is 4.98 Å². The third-order valence-electron chi connectivity index (χ3n) is 4.28. The number of carbonyl (C=O) groups is 1. The second-order valence-corrected chi connectivity index (χ2v) is 6.23. The van der Waals surface area contributed by atoms with Gasteiger partial charge in [0, 0.05) is 17.7 Å². The number of aromatic nitrogens is 1. The van der Waals surface area contributed by atoms with E-state index < -0.39 is 11.7 Å². The predicted molar refractivity (Wildman–Crippen MR) is 96.7 cm³/mol. The molecule has 0 aliphatic rings. The highest BCUT2D eigenvalue weighted by Gasteiger charge is 2.16. The first kappa shape index (κ1) is 17.7. The molecule has 1 atom stereocenters. The van der Waals surface area contributed by atoms with Crippen LogP contribution < -0.4 is 5.73 Å². The lowest BCUT2D eigenvalue weighted by atomic mass is 9.91. The maximum Gasteiger partial charge on any atom is 0.251 e. The second kappa shape index (κ2) is 7.44. The molecule has 0 saturated carbocycles. The van der Waals surface area contributed by atoms with Gasteiger partial charge in [-0.2, -0.15) is 0 Å². The van der Waals surface area contributed by atoms with Crippen LogP contribution in [0, 0.1) is 11.6 Å². The monoisotopic (exact) mass is 352 g/mol. The summed E-state index contributed by atoms with van der Waals surface area (Å²) in [5.41, 5.74) is 8.20. The van der Waals surface area contributed by atoms with Crippen molar-refractivity contribution in [3.8, 4) is 11.1 Å². The number of amides is 1. The van der Waals surface area contributed by atoms with Crippen LogP contribution in [-0.4, -0.2) is 10.9 Å². The van der Waals surface area contributed by atoms with E-state index in [9.17, 15) is 13.6 Å². The van der Waals surface area contributed by atoms with Gasteiger partial charge in [-0.25, -0.2) is 8.78 Å². The molecule has 0 aliphatic heterocycles. The number of carbonyl (C=O) groups excluding carboxylic acids is 1. The Morgan fingerprint density at radius 1 is 1.12 bits per heavy atom. The Balaban J connectivity index is 1.98. The fraction of sp³-hybridized carbons (Fsp3) is 0.143. The molecule has 0 saturated heterocycles. The van der Waals surface area contributed by atoms with Gasteiger partial charge in [-0.05, 0) is 47.9 Å². The molecule has 1 amide bonds. The van der Waals surface area contributed by atoms with Gasteiger partial charge in [0.25, 0.3) is 5.91 Å². The summed E-state index contributed by atoms with van der Waals surface area (Å²) in [7, 11) is 0. The normalized spacial score (nSPS) is 12.0. The molecule has 2 aromatic carbocycles. The van der Waals surface area contributed by atoms with Gasteiger partial charge < -0.3 is 5.73 Å². The summed E-state index contributed by atoms with van der Waals surface area (Å²) in [4.78, 5) is 15.9. The van der Waals surface area contributed by atoms with Gasteiger partial charge >= 0.3 is 0 Å². The summed E-state index contributed by atoms with van der Waals surface area (Å²) in [5, 5.41) is 0. The minimum absolute atomic E-state index is 0.00455. The summed E-state index contributed by atoms with van der Waals surface area (Å²) in [6.45, 7) is 2.00. The van der Waals surface area contributed by atoms with Crippen LogP contribution in [0.3, 0.4) is 0 Å². The Kier molecular flexibility index (Phi) is 5.07. The van der Waals surface area contributed by atoms with Crippen molar-refractivity contribution in [3.63, 3.8) is 0 Å². The summed E-state index contributed by atoms with van der Waals surface area (Å²) >= 11 is 0. The first-order valence-corrected chi connectivity index (χ1v) is 8.25. The zero-order chi connectivity index (χ0) is 18.7. The standard InChI is InChI=1S/C21H18F2N2O/c1-13(10-14-4-2-5-16(22)11-14)20-17(6-3-9-25-20)15-7-8-19(23)18(12-15)21(24)26/h2-9,11-13H,10H2,1H3,(H2,24,26)/t13-/m0/s1. The first-order valence-electron chi connectivity index (χ1n) is 8.25. The topological polar surface area (TPSA) is 56.0 Å². The Labute approximate surface area is 150 Å². The number of nitrogens with zero attached hydrogens (tertiary/aromatic N) is 1. The summed E-state index contributed by atoms with van der Waals surface area (Å²) < 4.78 is 27.2. The summed E-state index contributed by atoms with van der Waals surface area (Å²) in [6.07, 6.45) is 2.28. The zero-order valence-electron chi connectivity index (χ0n) is 14.2. The van der Waals surface area contributed by atoms with Crippen LogP contribution >= 0.6 is 0 Å². The summed E-state index contributed by atoms with van der Waals surface area (Å²) in [6, 6.07) is 14.4. The van der Waals surface area contributed by atoms with E-state index in [1.807, 2.05) is 19.1 Å². The molecular formula is C21H18F2N2O. The van der Waals surface area contributed by atoms with Crippen molar-refractivity contribution in [2.75, 3.05) is 0 Å². The second-order valence-electron chi connectivity index (χ2n) is 6.23. The van der Waals surface area contributed by atoms with E-state index in [2.05, 4.69) is 4.98 Å². The molecule has 0 bridgehead atoms. The average molecular weight is 352 g/mol. The smallest absolute Gasteiger partial charge is 0.251 e. The van der Waals surface area contributed by atoms with Crippen molar-refractivity contribution in [2.45, 2.75) is 19.3 Å². The predicted octanol–water partition coefficient (Wildman–Crippen LogP) is 4.47. The number of pyridine rings is 1. The van der Waals surface area contributed by atoms with Crippen LogP contribution in [0.2, 0.25) is 0 Å². The molecule has 0 radical (unpaired) electrons. The summed E-state index contributed by atoms with van der Waals surface area (Å²) in [5.74, 6) is -1.75. The van der Waals surface area contributed by atoms with Gasteiger partial charge in [0.2, 0.25) is 0 Å². The molecule has 0 spiro atoms. The van der Waals surface area contributed by atoms with E-state index >= 15 is 0 Å². The number of halogens is 2. The van der Waals surface area contributed by atoms with Crippen molar-refractivity contribution >= 4 is 5.91 Å². The highest BCUT2D eigenvalue weighted by atomic mass is 19.1. The third-order valence-corrected chi connectivity index (χ3v) is 4.28. The fourth-order valence-electron chi connectivity index (χ4n) is 3.05. The first-order chi connectivity index (χ1) is 12.5. The van der Waals surface area contributed by atoms with Gasteiger partial charge in [0.15, 0.2) is 0 Å². The lowest BCUT2D eigenvalue weighted by Gasteiger charge is -2.16. The van der Waals surface area contributed by atoms with Crippen LogP contribution in [0.15, 0.2) is 60.8 Å². The molecule has 3 nitrogen and oxygen atoms in total. The molecular weight excluding hydrogens is 334 g/mol. The molecule has 1 aromatic heterocycles. The number of hydrogen-bond acceptors (Lipinski definition) is 2. The van der Waals surface area contributed by atoms with Crippen molar-refractivity contribution in [2.24, 2.45) is 5.73 Å². The number of hydrogen-bond donors (Lipinski definition) is 1. The average Bonchev–Trinajstić information content (AvgIpc) is 2.62. The van der Waals surface area contributed by atoms with Crippen molar-refractivity contribution < 1.29 is 13.6 Å². The van der Waals surface area contributed by atoms with Crippen LogP contribution in [-0.2, 0) is 6.42 Å². The van der Waals surface area contributed by atoms with Crippen LogP contribution in [0.1, 0.15) is 34.5 Å². The Morgan fingerprint density at radius 3 is 2.65 bits per heavy atom. The number of primary amides is 1. The molecule has 5 heteroatoms.